The van der Waals surface area contributed by atoms with Crippen molar-refractivity contribution in [3.8, 4) is 0 Å². The van der Waals surface area contributed by atoms with E-state index in [1.807, 2.05) is 6.20 Å². The molecule has 3 heteroatoms. The second-order valence-electron chi connectivity index (χ2n) is 3.83. The third-order valence-corrected chi connectivity index (χ3v) is 2.91. The number of imidazole rings is 1. The van der Waals surface area contributed by atoms with E-state index in [2.05, 4.69) is 16.5 Å². The van der Waals surface area contributed by atoms with Crippen molar-refractivity contribution in [3.63, 3.8) is 0 Å². The maximum absolute atomic E-state index is 5.57. The Labute approximate surface area is 79.0 Å². The molecule has 13 heavy (non-hydrogen) atoms. The summed E-state index contributed by atoms with van der Waals surface area (Å²) in [6.45, 7) is 3.72. The number of hydrogen-bond acceptors (Lipinski definition) is 2. The van der Waals surface area contributed by atoms with Gasteiger partial charge < -0.3 is 10.3 Å². The lowest BCUT2D eigenvalue weighted by molar-refractivity contribution is 0.386. The zero-order valence-corrected chi connectivity index (χ0v) is 8.16. The maximum atomic E-state index is 5.57. The van der Waals surface area contributed by atoms with Crippen LogP contribution in [0.1, 0.15) is 36.7 Å². The van der Waals surface area contributed by atoms with Crippen LogP contribution in [0.2, 0.25) is 0 Å². The fourth-order valence-corrected chi connectivity index (χ4v) is 1.89. The van der Waals surface area contributed by atoms with Gasteiger partial charge in [0, 0.05) is 30.9 Å². The zero-order valence-electron chi connectivity index (χ0n) is 8.16. The molecular formula is C10H17N3. The quantitative estimate of drug-likeness (QED) is 0.762. The Kier molecular flexibility index (Phi) is 2.36. The average molecular weight is 179 g/mol. The van der Waals surface area contributed by atoms with Gasteiger partial charge in [0.1, 0.15) is 5.82 Å². The number of aryl methyl sites for hydroxylation is 1. The van der Waals surface area contributed by atoms with Gasteiger partial charge in [0.25, 0.3) is 0 Å². The molecule has 3 nitrogen and oxygen atoms in total. The molecule has 1 heterocycles. The molecule has 1 aromatic heterocycles. The molecule has 0 atom stereocenters. The van der Waals surface area contributed by atoms with Crippen molar-refractivity contribution < 1.29 is 0 Å². The second-order valence-corrected chi connectivity index (χ2v) is 3.83. The van der Waals surface area contributed by atoms with Gasteiger partial charge in [0.05, 0.1) is 0 Å². The fourth-order valence-electron chi connectivity index (χ4n) is 1.89. The third kappa shape index (κ3) is 1.48. The summed E-state index contributed by atoms with van der Waals surface area (Å²) < 4.78 is 2.27. The van der Waals surface area contributed by atoms with E-state index in [-0.39, 0.29) is 0 Å². The molecule has 2 rings (SSSR count). The van der Waals surface area contributed by atoms with Crippen molar-refractivity contribution in [2.75, 3.05) is 6.54 Å². The summed E-state index contributed by atoms with van der Waals surface area (Å²) in [5.41, 5.74) is 6.81. The Morgan fingerprint density at radius 3 is 2.92 bits per heavy atom. The summed E-state index contributed by atoms with van der Waals surface area (Å²) >= 11 is 0. The van der Waals surface area contributed by atoms with Crippen LogP contribution in [0.4, 0.5) is 0 Å². The first-order valence-electron chi connectivity index (χ1n) is 5.05. The molecular weight excluding hydrogens is 162 g/mol. The fraction of sp³-hybridized carbons (Fsp3) is 0.700. The zero-order chi connectivity index (χ0) is 9.26. The second kappa shape index (κ2) is 3.50. The number of nitrogens with zero attached hydrogens (tertiary/aromatic N) is 2. The molecule has 0 spiro atoms. The van der Waals surface area contributed by atoms with Gasteiger partial charge in [-0.15, -0.1) is 0 Å². The van der Waals surface area contributed by atoms with Gasteiger partial charge in [-0.25, -0.2) is 4.98 Å². The highest BCUT2D eigenvalue weighted by atomic mass is 15.1. The number of rotatable bonds is 3. The minimum atomic E-state index is 0.705. The SMILES string of the molecule is Cc1cnc(C2CCC2)n1CCN. The Balaban J connectivity index is 2.22. The molecule has 0 amide bonds. The number of hydrogen-bond donors (Lipinski definition) is 1. The summed E-state index contributed by atoms with van der Waals surface area (Å²) in [5.74, 6) is 1.97. The standard InChI is InChI=1S/C10H17N3/c1-8-7-12-10(9-3-2-4-9)13(8)6-5-11/h7,9H,2-6,11H2,1H3. The number of nitrogens with two attached hydrogens (primary N) is 1. The van der Waals surface area contributed by atoms with E-state index >= 15 is 0 Å². The van der Waals surface area contributed by atoms with Gasteiger partial charge in [-0.3, -0.25) is 0 Å². The van der Waals surface area contributed by atoms with Crippen LogP contribution < -0.4 is 5.73 Å². The van der Waals surface area contributed by atoms with Crippen molar-refractivity contribution in [2.24, 2.45) is 5.73 Å². The lowest BCUT2D eigenvalue weighted by atomic mass is 9.85. The van der Waals surface area contributed by atoms with Crippen molar-refractivity contribution in [3.05, 3.63) is 17.7 Å². The summed E-state index contributed by atoms with van der Waals surface area (Å²) in [6.07, 6.45) is 5.94. The van der Waals surface area contributed by atoms with E-state index in [0.29, 0.717) is 12.5 Å². The van der Waals surface area contributed by atoms with Crippen LogP contribution in [-0.2, 0) is 6.54 Å². The van der Waals surface area contributed by atoms with E-state index in [9.17, 15) is 0 Å². The predicted octanol–water partition coefficient (Wildman–Crippen LogP) is 1.42. The monoisotopic (exact) mass is 179 g/mol. The van der Waals surface area contributed by atoms with Crippen LogP contribution in [0, 0.1) is 6.92 Å². The van der Waals surface area contributed by atoms with E-state index in [1.54, 1.807) is 0 Å². The molecule has 0 bridgehead atoms. The van der Waals surface area contributed by atoms with Gasteiger partial charge in [-0.1, -0.05) is 6.42 Å². The van der Waals surface area contributed by atoms with Gasteiger partial charge in [0.15, 0.2) is 0 Å². The largest absolute Gasteiger partial charge is 0.331 e. The summed E-state index contributed by atoms with van der Waals surface area (Å²) in [5, 5.41) is 0. The van der Waals surface area contributed by atoms with Gasteiger partial charge in [-0.2, -0.15) is 0 Å². The van der Waals surface area contributed by atoms with Crippen LogP contribution in [0.3, 0.4) is 0 Å². The topological polar surface area (TPSA) is 43.8 Å². The molecule has 1 aliphatic rings. The van der Waals surface area contributed by atoms with Crippen molar-refractivity contribution in [2.45, 2.75) is 38.6 Å². The minimum absolute atomic E-state index is 0.705. The van der Waals surface area contributed by atoms with E-state index < -0.39 is 0 Å². The minimum Gasteiger partial charge on any atom is -0.331 e. The lowest BCUT2D eigenvalue weighted by Crippen LogP contribution is -2.19. The summed E-state index contributed by atoms with van der Waals surface area (Å²) in [4.78, 5) is 4.46. The highest BCUT2D eigenvalue weighted by Crippen LogP contribution is 2.35. The average Bonchev–Trinajstić information content (AvgIpc) is 2.33. The molecule has 1 fully saturated rings. The first-order valence-corrected chi connectivity index (χ1v) is 5.05. The molecule has 1 aliphatic carbocycles. The van der Waals surface area contributed by atoms with Crippen molar-refractivity contribution in [1.29, 1.82) is 0 Å². The highest BCUT2D eigenvalue weighted by Gasteiger charge is 2.24. The maximum Gasteiger partial charge on any atom is 0.112 e. The van der Waals surface area contributed by atoms with Gasteiger partial charge in [-0.05, 0) is 19.8 Å². The van der Waals surface area contributed by atoms with Crippen LogP contribution >= 0.6 is 0 Å². The Hall–Kier alpha value is -0.830. The van der Waals surface area contributed by atoms with E-state index in [4.69, 9.17) is 5.73 Å². The first-order chi connectivity index (χ1) is 6.33. The Morgan fingerprint density at radius 2 is 2.38 bits per heavy atom. The molecule has 0 unspecified atom stereocenters. The Bertz CT molecular complexity index is 286. The smallest absolute Gasteiger partial charge is 0.112 e. The molecule has 0 saturated heterocycles. The highest BCUT2D eigenvalue weighted by molar-refractivity contribution is 5.10. The normalized spacial score (nSPS) is 17.4. The molecule has 72 valence electrons. The van der Waals surface area contributed by atoms with Crippen LogP contribution in [0.15, 0.2) is 6.20 Å². The van der Waals surface area contributed by atoms with E-state index in [1.165, 1.54) is 30.8 Å². The van der Waals surface area contributed by atoms with Crippen LogP contribution in [-0.4, -0.2) is 16.1 Å². The molecule has 0 aliphatic heterocycles. The number of aromatic nitrogens is 2. The molecule has 0 aromatic carbocycles. The predicted molar refractivity (Wildman–Crippen MR) is 52.6 cm³/mol. The molecule has 1 aromatic rings. The van der Waals surface area contributed by atoms with Crippen LogP contribution in [0.5, 0.6) is 0 Å². The molecule has 1 saturated carbocycles. The van der Waals surface area contributed by atoms with Gasteiger partial charge >= 0.3 is 0 Å². The van der Waals surface area contributed by atoms with E-state index in [0.717, 1.165) is 6.54 Å². The summed E-state index contributed by atoms with van der Waals surface area (Å²) in [6, 6.07) is 0. The van der Waals surface area contributed by atoms with Crippen LogP contribution in [0.25, 0.3) is 0 Å². The summed E-state index contributed by atoms with van der Waals surface area (Å²) in [7, 11) is 0. The first kappa shape index (κ1) is 8.75. The third-order valence-electron chi connectivity index (χ3n) is 2.91. The lowest BCUT2D eigenvalue weighted by Gasteiger charge is -2.25. The molecule has 0 radical (unpaired) electrons. The Morgan fingerprint density at radius 1 is 1.62 bits per heavy atom. The van der Waals surface area contributed by atoms with Crippen molar-refractivity contribution >= 4 is 0 Å². The van der Waals surface area contributed by atoms with Crippen molar-refractivity contribution in [1.82, 2.24) is 9.55 Å². The van der Waals surface area contributed by atoms with Gasteiger partial charge in [0.2, 0.25) is 0 Å². The molecule has 2 N–H and O–H groups in total.